The molecule has 1 aromatic rings. The molecule has 0 aliphatic carbocycles. The van der Waals surface area contributed by atoms with Crippen LogP contribution in [0.25, 0.3) is 0 Å². The first kappa shape index (κ1) is 18.9. The minimum atomic E-state index is -0.423. The normalized spacial score (nSPS) is 19.1. The molecule has 1 N–H and O–H groups in total. The molecule has 2 aliphatic rings. The summed E-state index contributed by atoms with van der Waals surface area (Å²) in [5, 5.41) is 3.07. The van der Waals surface area contributed by atoms with Gasteiger partial charge in [-0.2, -0.15) is 0 Å². The number of rotatable bonds is 7. The molecule has 0 aromatic heterocycles. The van der Waals surface area contributed by atoms with Gasteiger partial charge in [-0.15, -0.1) is 0 Å². The second-order valence-corrected chi connectivity index (χ2v) is 7.36. The third kappa shape index (κ3) is 4.44. The van der Waals surface area contributed by atoms with E-state index in [-0.39, 0.29) is 11.8 Å². The fourth-order valence-electron chi connectivity index (χ4n) is 4.11. The second-order valence-electron chi connectivity index (χ2n) is 7.36. The smallest absolute Gasteiger partial charge is 0.243 e. The Morgan fingerprint density at radius 1 is 1.15 bits per heavy atom. The van der Waals surface area contributed by atoms with Crippen LogP contribution in [0.3, 0.4) is 0 Å². The number of nitrogens with one attached hydrogen (secondary N) is 1. The van der Waals surface area contributed by atoms with Crippen LogP contribution in [-0.2, 0) is 16.0 Å². The third-order valence-corrected chi connectivity index (χ3v) is 5.51. The van der Waals surface area contributed by atoms with Crippen LogP contribution in [0.15, 0.2) is 24.3 Å². The van der Waals surface area contributed by atoms with E-state index in [1.807, 2.05) is 25.1 Å². The van der Waals surface area contributed by atoms with Gasteiger partial charge in [0.2, 0.25) is 11.8 Å². The second kappa shape index (κ2) is 9.17. The minimum absolute atomic E-state index is 0.0287. The van der Waals surface area contributed by atoms with E-state index in [4.69, 9.17) is 0 Å². The largest absolute Gasteiger partial charge is 0.354 e. The number of hydrogen-bond donors (Lipinski definition) is 1. The molecule has 5 heteroatoms. The molecular weight excluding hydrogens is 326 g/mol. The van der Waals surface area contributed by atoms with Gasteiger partial charge in [-0.3, -0.25) is 14.5 Å². The predicted molar refractivity (Wildman–Crippen MR) is 104 cm³/mol. The fourth-order valence-corrected chi connectivity index (χ4v) is 4.11. The number of benzene rings is 1. The summed E-state index contributed by atoms with van der Waals surface area (Å²) in [6.45, 7) is 6.07. The zero-order valence-corrected chi connectivity index (χ0v) is 15.9. The quantitative estimate of drug-likeness (QED) is 0.764. The number of carbonyl (C=O) groups is 2. The number of para-hydroxylation sites is 1. The fraction of sp³-hybridized carbons (Fsp3) is 0.619. The highest BCUT2D eigenvalue weighted by Crippen LogP contribution is 2.29. The molecule has 0 unspecified atom stereocenters. The van der Waals surface area contributed by atoms with E-state index in [0.29, 0.717) is 19.4 Å². The average molecular weight is 357 g/mol. The summed E-state index contributed by atoms with van der Waals surface area (Å²) >= 11 is 0. The van der Waals surface area contributed by atoms with E-state index in [9.17, 15) is 9.59 Å². The molecule has 0 bridgehead atoms. The number of amides is 2. The summed E-state index contributed by atoms with van der Waals surface area (Å²) in [4.78, 5) is 29.7. The Kier molecular flexibility index (Phi) is 6.67. The van der Waals surface area contributed by atoms with Crippen molar-refractivity contribution in [1.82, 2.24) is 10.2 Å². The monoisotopic (exact) mass is 357 g/mol. The molecule has 1 atom stereocenters. The molecular formula is C21H31N3O2. The number of aryl methyl sites for hydroxylation is 1. The van der Waals surface area contributed by atoms with E-state index in [1.54, 1.807) is 4.90 Å². The van der Waals surface area contributed by atoms with Crippen molar-refractivity contribution in [3.8, 4) is 0 Å². The van der Waals surface area contributed by atoms with Gasteiger partial charge < -0.3 is 10.2 Å². The van der Waals surface area contributed by atoms with Gasteiger partial charge in [-0.1, -0.05) is 25.1 Å². The number of likely N-dealkylation sites (tertiary alicyclic amines) is 1. The Hall–Kier alpha value is -1.88. The Balaban J connectivity index is 1.62. The standard InChI is InChI=1S/C21H31N3O2/c1-2-18(21(26)22-13-8-16-23-14-5-6-15-23)24-19-11-4-3-9-17(19)10-7-12-20(24)25/h3-4,9,11,18H,2,5-8,10,12-16H2,1H3,(H,22,26)/t18-/m1/s1. The lowest BCUT2D eigenvalue weighted by Crippen LogP contribution is -2.50. The van der Waals surface area contributed by atoms with Crippen LogP contribution < -0.4 is 10.2 Å². The predicted octanol–water partition coefficient (Wildman–Crippen LogP) is 2.74. The molecule has 0 saturated carbocycles. The Morgan fingerprint density at radius 3 is 2.69 bits per heavy atom. The molecule has 1 fully saturated rings. The van der Waals surface area contributed by atoms with Crippen molar-refractivity contribution in [2.75, 3.05) is 31.1 Å². The van der Waals surface area contributed by atoms with Crippen molar-refractivity contribution in [3.05, 3.63) is 29.8 Å². The van der Waals surface area contributed by atoms with E-state index in [0.717, 1.165) is 31.5 Å². The van der Waals surface area contributed by atoms with Gasteiger partial charge in [0.25, 0.3) is 0 Å². The highest BCUT2D eigenvalue weighted by Gasteiger charge is 2.32. The summed E-state index contributed by atoms with van der Waals surface area (Å²) in [5.74, 6) is 0.0352. The minimum Gasteiger partial charge on any atom is -0.354 e. The number of hydrogen-bond acceptors (Lipinski definition) is 3. The molecule has 1 aromatic carbocycles. The Bertz CT molecular complexity index is 625. The SMILES string of the molecule is CC[C@H](C(=O)NCCCN1CCCC1)N1C(=O)CCCc2ccccc21. The van der Waals surface area contributed by atoms with Crippen molar-refractivity contribution in [1.29, 1.82) is 0 Å². The van der Waals surface area contributed by atoms with Gasteiger partial charge >= 0.3 is 0 Å². The van der Waals surface area contributed by atoms with Crippen molar-refractivity contribution < 1.29 is 9.59 Å². The number of nitrogens with zero attached hydrogens (tertiary/aromatic N) is 2. The molecule has 142 valence electrons. The molecule has 1 saturated heterocycles. The molecule has 3 rings (SSSR count). The van der Waals surface area contributed by atoms with Crippen LogP contribution in [-0.4, -0.2) is 48.9 Å². The average Bonchev–Trinajstić information content (AvgIpc) is 3.11. The first-order valence-corrected chi connectivity index (χ1v) is 10.1. The maximum absolute atomic E-state index is 12.8. The van der Waals surface area contributed by atoms with Crippen LogP contribution in [0.4, 0.5) is 5.69 Å². The zero-order valence-electron chi connectivity index (χ0n) is 15.9. The molecule has 2 amide bonds. The van der Waals surface area contributed by atoms with Crippen molar-refractivity contribution in [2.45, 2.75) is 57.9 Å². The summed E-state index contributed by atoms with van der Waals surface area (Å²) in [6.07, 6.45) is 6.42. The van der Waals surface area contributed by atoms with Gasteiger partial charge in [0, 0.05) is 18.7 Å². The summed E-state index contributed by atoms with van der Waals surface area (Å²) in [6, 6.07) is 7.58. The zero-order chi connectivity index (χ0) is 18.4. The van der Waals surface area contributed by atoms with E-state index < -0.39 is 6.04 Å². The maximum atomic E-state index is 12.8. The molecule has 2 heterocycles. The lowest BCUT2D eigenvalue weighted by molar-refractivity contribution is -0.126. The van der Waals surface area contributed by atoms with E-state index in [2.05, 4.69) is 16.3 Å². The van der Waals surface area contributed by atoms with Crippen LogP contribution in [0.5, 0.6) is 0 Å². The molecule has 26 heavy (non-hydrogen) atoms. The lowest BCUT2D eigenvalue weighted by Gasteiger charge is -2.30. The number of anilines is 1. The number of carbonyl (C=O) groups excluding carboxylic acids is 2. The highest BCUT2D eigenvalue weighted by molar-refractivity contribution is 6.01. The lowest BCUT2D eigenvalue weighted by atomic mass is 10.1. The number of fused-ring (bicyclic) bond motifs is 1. The Morgan fingerprint density at radius 2 is 1.92 bits per heavy atom. The van der Waals surface area contributed by atoms with Crippen molar-refractivity contribution >= 4 is 17.5 Å². The van der Waals surface area contributed by atoms with E-state index in [1.165, 1.54) is 31.5 Å². The van der Waals surface area contributed by atoms with Crippen LogP contribution >= 0.6 is 0 Å². The van der Waals surface area contributed by atoms with Crippen molar-refractivity contribution in [2.24, 2.45) is 0 Å². The summed E-state index contributed by atoms with van der Waals surface area (Å²) in [7, 11) is 0. The van der Waals surface area contributed by atoms with Gasteiger partial charge in [-0.25, -0.2) is 0 Å². The molecule has 0 radical (unpaired) electrons. The Labute approximate surface area is 156 Å². The van der Waals surface area contributed by atoms with Gasteiger partial charge in [0.15, 0.2) is 0 Å². The topological polar surface area (TPSA) is 52.7 Å². The highest BCUT2D eigenvalue weighted by atomic mass is 16.2. The summed E-state index contributed by atoms with van der Waals surface area (Å²) < 4.78 is 0. The van der Waals surface area contributed by atoms with Crippen molar-refractivity contribution in [3.63, 3.8) is 0 Å². The van der Waals surface area contributed by atoms with Crippen LogP contribution in [0.2, 0.25) is 0 Å². The van der Waals surface area contributed by atoms with Gasteiger partial charge in [-0.05, 0) is 69.8 Å². The van der Waals surface area contributed by atoms with Gasteiger partial charge in [0.05, 0.1) is 0 Å². The van der Waals surface area contributed by atoms with Crippen LogP contribution in [0, 0.1) is 0 Å². The molecule has 5 nitrogen and oxygen atoms in total. The third-order valence-electron chi connectivity index (χ3n) is 5.51. The molecule has 2 aliphatic heterocycles. The van der Waals surface area contributed by atoms with Crippen LogP contribution in [0.1, 0.15) is 51.0 Å². The first-order chi connectivity index (χ1) is 12.7. The van der Waals surface area contributed by atoms with Gasteiger partial charge in [0.1, 0.15) is 6.04 Å². The van der Waals surface area contributed by atoms with E-state index >= 15 is 0 Å². The first-order valence-electron chi connectivity index (χ1n) is 10.1. The maximum Gasteiger partial charge on any atom is 0.243 e. The summed E-state index contributed by atoms with van der Waals surface area (Å²) in [5.41, 5.74) is 2.08. The molecule has 0 spiro atoms.